The van der Waals surface area contributed by atoms with E-state index in [1.807, 2.05) is 13.2 Å². The van der Waals surface area contributed by atoms with E-state index in [-0.39, 0.29) is 5.92 Å². The second-order valence-electron chi connectivity index (χ2n) is 3.74. The molecule has 0 aliphatic rings. The number of aryl methyl sites for hydroxylation is 1. The summed E-state index contributed by atoms with van der Waals surface area (Å²) in [6, 6.07) is 6.20. The first-order valence-electron chi connectivity index (χ1n) is 4.91. The Hall–Kier alpha value is -0.960. The van der Waals surface area contributed by atoms with Gasteiger partial charge in [-0.15, -0.1) is 11.8 Å². The van der Waals surface area contributed by atoms with E-state index in [0.717, 1.165) is 5.56 Å². The van der Waals surface area contributed by atoms with Crippen molar-refractivity contribution in [3.8, 4) is 0 Å². The SMILES string of the molecule is CSc1ccc(C)c(CC(C)C(=O)O)c1. The molecule has 82 valence electrons. The summed E-state index contributed by atoms with van der Waals surface area (Å²) in [7, 11) is 0. The molecule has 0 aliphatic heterocycles. The van der Waals surface area contributed by atoms with Gasteiger partial charge in [0, 0.05) is 4.90 Å². The summed E-state index contributed by atoms with van der Waals surface area (Å²) in [5, 5.41) is 8.86. The highest BCUT2D eigenvalue weighted by Crippen LogP contribution is 2.21. The molecular formula is C12H16O2S. The van der Waals surface area contributed by atoms with Crippen LogP contribution in [0.2, 0.25) is 0 Å². The van der Waals surface area contributed by atoms with Crippen LogP contribution >= 0.6 is 11.8 Å². The molecule has 0 saturated heterocycles. The van der Waals surface area contributed by atoms with Crippen molar-refractivity contribution in [2.24, 2.45) is 5.92 Å². The quantitative estimate of drug-likeness (QED) is 0.799. The van der Waals surface area contributed by atoms with Gasteiger partial charge in [-0.05, 0) is 42.9 Å². The smallest absolute Gasteiger partial charge is 0.306 e. The Morgan fingerprint density at radius 3 is 2.73 bits per heavy atom. The number of hydrogen-bond acceptors (Lipinski definition) is 2. The fourth-order valence-corrected chi connectivity index (χ4v) is 1.88. The van der Waals surface area contributed by atoms with Crippen LogP contribution in [0.1, 0.15) is 18.1 Å². The first kappa shape index (κ1) is 12.1. The van der Waals surface area contributed by atoms with Gasteiger partial charge in [0.25, 0.3) is 0 Å². The standard InChI is InChI=1S/C12H16O2S/c1-8-4-5-11(15-3)7-10(8)6-9(2)12(13)14/h4-5,7,9H,6H2,1-3H3,(H,13,14). The fraction of sp³-hybridized carbons (Fsp3) is 0.417. The number of carboxylic acids is 1. The molecule has 0 aromatic heterocycles. The van der Waals surface area contributed by atoms with E-state index in [9.17, 15) is 4.79 Å². The Morgan fingerprint density at radius 1 is 1.53 bits per heavy atom. The number of aliphatic carboxylic acids is 1. The highest BCUT2D eigenvalue weighted by molar-refractivity contribution is 7.98. The Morgan fingerprint density at radius 2 is 2.20 bits per heavy atom. The van der Waals surface area contributed by atoms with Crippen molar-refractivity contribution in [3.63, 3.8) is 0 Å². The summed E-state index contributed by atoms with van der Waals surface area (Å²) in [5.41, 5.74) is 2.30. The maximum atomic E-state index is 10.8. The Kier molecular flexibility index (Phi) is 4.21. The molecule has 0 spiro atoms. The summed E-state index contributed by atoms with van der Waals surface area (Å²) in [6.07, 6.45) is 2.63. The lowest BCUT2D eigenvalue weighted by atomic mass is 9.98. The van der Waals surface area contributed by atoms with Gasteiger partial charge in [0.05, 0.1) is 5.92 Å². The van der Waals surface area contributed by atoms with Crippen LogP contribution in [0.5, 0.6) is 0 Å². The Labute approximate surface area is 94.7 Å². The van der Waals surface area contributed by atoms with Gasteiger partial charge < -0.3 is 5.11 Å². The van der Waals surface area contributed by atoms with Crippen LogP contribution in [0.25, 0.3) is 0 Å². The topological polar surface area (TPSA) is 37.3 Å². The van der Waals surface area contributed by atoms with Gasteiger partial charge in [-0.25, -0.2) is 0 Å². The van der Waals surface area contributed by atoms with E-state index in [4.69, 9.17) is 5.11 Å². The lowest BCUT2D eigenvalue weighted by Crippen LogP contribution is -2.12. The third kappa shape index (κ3) is 3.27. The third-order valence-electron chi connectivity index (χ3n) is 2.50. The van der Waals surface area contributed by atoms with E-state index >= 15 is 0 Å². The van der Waals surface area contributed by atoms with Gasteiger partial charge in [0.1, 0.15) is 0 Å². The average molecular weight is 224 g/mol. The highest BCUT2D eigenvalue weighted by atomic mass is 32.2. The molecule has 1 unspecified atom stereocenters. The van der Waals surface area contributed by atoms with Crippen LogP contribution in [0, 0.1) is 12.8 Å². The molecule has 0 aliphatic carbocycles. The van der Waals surface area contributed by atoms with Gasteiger partial charge in [-0.3, -0.25) is 4.79 Å². The lowest BCUT2D eigenvalue weighted by Gasteiger charge is -2.10. The number of rotatable bonds is 4. The molecular weight excluding hydrogens is 208 g/mol. The predicted molar refractivity (Wildman–Crippen MR) is 63.5 cm³/mol. The van der Waals surface area contributed by atoms with E-state index in [2.05, 4.69) is 18.2 Å². The zero-order valence-corrected chi connectivity index (χ0v) is 10.1. The summed E-state index contributed by atoms with van der Waals surface area (Å²) < 4.78 is 0. The van der Waals surface area contributed by atoms with Crippen molar-refractivity contribution in [3.05, 3.63) is 29.3 Å². The van der Waals surface area contributed by atoms with Crippen molar-refractivity contribution in [1.82, 2.24) is 0 Å². The van der Waals surface area contributed by atoms with E-state index < -0.39 is 5.97 Å². The molecule has 15 heavy (non-hydrogen) atoms. The Bertz CT molecular complexity index is 361. The minimum atomic E-state index is -0.732. The molecule has 0 saturated carbocycles. The average Bonchev–Trinajstić information content (AvgIpc) is 2.21. The maximum Gasteiger partial charge on any atom is 0.306 e. The summed E-state index contributed by atoms with van der Waals surface area (Å²) in [4.78, 5) is 12.0. The van der Waals surface area contributed by atoms with Crippen LogP contribution in [-0.2, 0) is 11.2 Å². The number of thioether (sulfide) groups is 1. The number of carbonyl (C=O) groups is 1. The molecule has 0 fully saturated rings. The fourth-order valence-electron chi connectivity index (χ4n) is 1.41. The zero-order valence-electron chi connectivity index (χ0n) is 9.28. The van der Waals surface area contributed by atoms with E-state index in [1.54, 1.807) is 18.7 Å². The second-order valence-corrected chi connectivity index (χ2v) is 4.62. The molecule has 1 aromatic carbocycles. The van der Waals surface area contributed by atoms with Crippen LogP contribution in [-0.4, -0.2) is 17.3 Å². The van der Waals surface area contributed by atoms with Gasteiger partial charge >= 0.3 is 5.97 Å². The molecule has 0 bridgehead atoms. The third-order valence-corrected chi connectivity index (χ3v) is 3.23. The molecule has 0 amide bonds. The second kappa shape index (κ2) is 5.21. The normalized spacial score (nSPS) is 12.5. The molecule has 1 aromatic rings. The van der Waals surface area contributed by atoms with Crippen LogP contribution in [0.3, 0.4) is 0 Å². The molecule has 1 rings (SSSR count). The monoisotopic (exact) mass is 224 g/mol. The van der Waals surface area contributed by atoms with Crippen molar-refractivity contribution in [2.45, 2.75) is 25.2 Å². The number of benzene rings is 1. The van der Waals surface area contributed by atoms with E-state index in [1.165, 1.54) is 10.5 Å². The number of carboxylic acid groups (broad SMARTS) is 1. The van der Waals surface area contributed by atoms with Crippen molar-refractivity contribution in [1.29, 1.82) is 0 Å². The van der Waals surface area contributed by atoms with Gasteiger partial charge in [-0.2, -0.15) is 0 Å². The lowest BCUT2D eigenvalue weighted by molar-refractivity contribution is -0.141. The van der Waals surface area contributed by atoms with Crippen molar-refractivity contribution >= 4 is 17.7 Å². The zero-order chi connectivity index (χ0) is 11.4. The van der Waals surface area contributed by atoms with Gasteiger partial charge in [0.15, 0.2) is 0 Å². The Balaban J connectivity index is 2.88. The van der Waals surface area contributed by atoms with E-state index in [0.29, 0.717) is 6.42 Å². The minimum absolute atomic E-state index is 0.319. The summed E-state index contributed by atoms with van der Waals surface area (Å²) >= 11 is 1.68. The summed E-state index contributed by atoms with van der Waals surface area (Å²) in [6.45, 7) is 3.77. The van der Waals surface area contributed by atoms with Crippen molar-refractivity contribution < 1.29 is 9.90 Å². The van der Waals surface area contributed by atoms with Crippen LogP contribution in [0.15, 0.2) is 23.1 Å². The highest BCUT2D eigenvalue weighted by Gasteiger charge is 2.13. The maximum absolute atomic E-state index is 10.8. The first-order chi connectivity index (χ1) is 7.04. The molecule has 0 heterocycles. The molecule has 2 nitrogen and oxygen atoms in total. The van der Waals surface area contributed by atoms with Crippen molar-refractivity contribution in [2.75, 3.05) is 6.26 Å². The first-order valence-corrected chi connectivity index (χ1v) is 6.13. The number of hydrogen-bond donors (Lipinski definition) is 1. The van der Waals surface area contributed by atoms with Crippen LogP contribution < -0.4 is 0 Å². The molecule has 0 radical (unpaired) electrons. The minimum Gasteiger partial charge on any atom is -0.481 e. The summed E-state index contributed by atoms with van der Waals surface area (Å²) in [5.74, 6) is -1.05. The van der Waals surface area contributed by atoms with Gasteiger partial charge in [-0.1, -0.05) is 13.0 Å². The van der Waals surface area contributed by atoms with Crippen LogP contribution in [0.4, 0.5) is 0 Å². The molecule has 1 N–H and O–H groups in total. The molecule has 1 atom stereocenters. The van der Waals surface area contributed by atoms with Gasteiger partial charge in [0.2, 0.25) is 0 Å². The molecule has 3 heteroatoms. The predicted octanol–water partition coefficient (Wildman–Crippen LogP) is 2.98. The largest absolute Gasteiger partial charge is 0.481 e.